The van der Waals surface area contributed by atoms with Crippen molar-refractivity contribution in [3.8, 4) is 23.0 Å². The van der Waals surface area contributed by atoms with Crippen molar-refractivity contribution in [3.63, 3.8) is 0 Å². The lowest BCUT2D eigenvalue weighted by atomic mass is 10.1. The number of rotatable bonds is 10. The van der Waals surface area contributed by atoms with E-state index in [1.165, 1.54) is 16.8 Å². The van der Waals surface area contributed by atoms with Crippen molar-refractivity contribution in [2.45, 2.75) is 20.3 Å². The molecule has 4 rings (SSSR count). The predicted octanol–water partition coefficient (Wildman–Crippen LogP) is 4.83. The molecule has 2 aliphatic heterocycles. The van der Waals surface area contributed by atoms with E-state index in [0.29, 0.717) is 47.1 Å². The monoisotopic (exact) mass is 508 g/mol. The maximum absolute atomic E-state index is 12.7. The summed E-state index contributed by atoms with van der Waals surface area (Å²) < 4.78 is 22.2. The minimum absolute atomic E-state index is 0.00485. The van der Waals surface area contributed by atoms with Crippen LogP contribution in [0.4, 0.5) is 0 Å². The average molecular weight is 509 g/mol. The van der Waals surface area contributed by atoms with Crippen LogP contribution in [0, 0.1) is 11.3 Å². The molecule has 9 nitrogen and oxygen atoms in total. The van der Waals surface area contributed by atoms with Gasteiger partial charge in [-0.2, -0.15) is 15.1 Å². The number of carbonyl (C=O) groups excluding carboxylic acids is 1. The third-order valence-electron chi connectivity index (χ3n) is 5.23. The van der Waals surface area contributed by atoms with Gasteiger partial charge in [0.1, 0.15) is 29.8 Å². The molecule has 0 saturated heterocycles. The van der Waals surface area contributed by atoms with Crippen LogP contribution in [0.25, 0.3) is 6.08 Å². The van der Waals surface area contributed by atoms with Crippen LogP contribution in [-0.4, -0.2) is 54.4 Å². The highest BCUT2D eigenvalue weighted by molar-refractivity contribution is 8.26. The summed E-state index contributed by atoms with van der Waals surface area (Å²) in [4.78, 5) is 16.8. The lowest BCUT2D eigenvalue weighted by Gasteiger charge is -2.20. The molecule has 188 valence electrons. The van der Waals surface area contributed by atoms with Gasteiger partial charge in [-0.05, 0) is 53.6 Å². The van der Waals surface area contributed by atoms with E-state index >= 15 is 0 Å². The minimum Gasteiger partial charge on any atom is -0.497 e. The molecule has 36 heavy (non-hydrogen) atoms. The number of hydrazone groups is 1. The number of aliphatic imine (C=N–C) groups is 1. The summed E-state index contributed by atoms with van der Waals surface area (Å²) in [5.74, 6) is 2.40. The van der Waals surface area contributed by atoms with Crippen LogP contribution in [0.3, 0.4) is 0 Å². The Kier molecular flexibility index (Phi) is 7.94. The van der Waals surface area contributed by atoms with E-state index in [0.717, 1.165) is 17.2 Å². The predicted molar refractivity (Wildman–Crippen MR) is 141 cm³/mol. The number of methoxy groups -OCH3 is 2. The van der Waals surface area contributed by atoms with Gasteiger partial charge in [-0.3, -0.25) is 10.2 Å². The number of amidine groups is 2. The highest BCUT2D eigenvalue weighted by atomic mass is 32.2. The maximum Gasteiger partial charge on any atom is 0.283 e. The molecule has 0 saturated carbocycles. The van der Waals surface area contributed by atoms with Crippen molar-refractivity contribution in [3.05, 3.63) is 53.6 Å². The highest BCUT2D eigenvalue weighted by Gasteiger charge is 2.35. The summed E-state index contributed by atoms with van der Waals surface area (Å²) in [5, 5.41) is 15.7. The van der Waals surface area contributed by atoms with Gasteiger partial charge in [0.05, 0.1) is 19.8 Å². The van der Waals surface area contributed by atoms with E-state index < -0.39 is 5.91 Å². The molecule has 1 amide bonds. The largest absolute Gasteiger partial charge is 0.497 e. The van der Waals surface area contributed by atoms with Crippen LogP contribution >= 0.6 is 11.8 Å². The summed E-state index contributed by atoms with van der Waals surface area (Å²) in [5.41, 5.74) is 0.841. The molecule has 0 aromatic heterocycles. The van der Waals surface area contributed by atoms with Crippen molar-refractivity contribution in [2.75, 3.05) is 27.4 Å². The quantitative estimate of drug-likeness (QED) is 0.362. The fourth-order valence-electron chi connectivity index (χ4n) is 3.53. The third-order valence-corrected chi connectivity index (χ3v) is 6.16. The smallest absolute Gasteiger partial charge is 0.283 e. The van der Waals surface area contributed by atoms with Crippen molar-refractivity contribution in [1.82, 2.24) is 5.01 Å². The van der Waals surface area contributed by atoms with Crippen molar-refractivity contribution in [1.29, 1.82) is 5.41 Å². The zero-order valence-electron chi connectivity index (χ0n) is 20.6. The summed E-state index contributed by atoms with van der Waals surface area (Å²) in [6.07, 6.45) is 2.38. The lowest BCUT2D eigenvalue weighted by molar-refractivity contribution is -0.114. The van der Waals surface area contributed by atoms with Gasteiger partial charge in [0.2, 0.25) is 5.17 Å². The van der Waals surface area contributed by atoms with E-state index in [1.54, 1.807) is 44.6 Å². The second-order valence-electron chi connectivity index (χ2n) is 8.40. The number of thioether (sulfide) groups is 1. The fourth-order valence-corrected chi connectivity index (χ4v) is 4.62. The molecule has 0 atom stereocenters. The first kappa shape index (κ1) is 25.3. The lowest BCUT2D eigenvalue weighted by Crippen LogP contribution is -2.35. The molecule has 0 aliphatic carbocycles. The Morgan fingerprint density at radius 2 is 1.81 bits per heavy atom. The Hall–Kier alpha value is -3.79. The molecule has 2 aromatic rings. The van der Waals surface area contributed by atoms with Gasteiger partial charge < -0.3 is 18.9 Å². The van der Waals surface area contributed by atoms with Gasteiger partial charge in [0.15, 0.2) is 17.3 Å². The molecule has 0 spiro atoms. The normalized spacial score (nSPS) is 16.1. The SMILES string of the molecule is COc1cccc(OCCOc2ccc(/C=C3/C(=N)N4N=C(CC(C)C)SC4=NC3=O)cc2OC)c1. The molecule has 2 aliphatic rings. The number of hydrogen-bond donors (Lipinski definition) is 1. The van der Waals surface area contributed by atoms with Crippen molar-refractivity contribution < 1.29 is 23.7 Å². The first-order chi connectivity index (χ1) is 17.4. The Morgan fingerprint density at radius 3 is 2.56 bits per heavy atom. The molecule has 1 N–H and O–H groups in total. The first-order valence-corrected chi connectivity index (χ1v) is 12.3. The number of nitrogens with zero attached hydrogens (tertiary/aromatic N) is 3. The summed E-state index contributed by atoms with van der Waals surface area (Å²) >= 11 is 1.34. The van der Waals surface area contributed by atoms with Crippen LogP contribution in [0.5, 0.6) is 23.0 Å². The summed E-state index contributed by atoms with van der Waals surface area (Å²) in [6.45, 7) is 4.83. The van der Waals surface area contributed by atoms with Gasteiger partial charge in [0.25, 0.3) is 5.91 Å². The second kappa shape index (κ2) is 11.3. The van der Waals surface area contributed by atoms with Crippen molar-refractivity contribution >= 4 is 39.8 Å². The first-order valence-electron chi connectivity index (χ1n) is 11.4. The maximum atomic E-state index is 12.7. The number of benzene rings is 2. The number of ether oxygens (including phenoxy) is 4. The van der Waals surface area contributed by atoms with Crippen LogP contribution < -0.4 is 18.9 Å². The fraction of sp³-hybridized carbons (Fsp3) is 0.308. The van der Waals surface area contributed by atoms with Gasteiger partial charge >= 0.3 is 0 Å². The van der Waals surface area contributed by atoms with E-state index in [2.05, 4.69) is 23.9 Å². The van der Waals surface area contributed by atoms with Gasteiger partial charge in [-0.15, -0.1) is 0 Å². The van der Waals surface area contributed by atoms with Gasteiger partial charge in [-0.1, -0.05) is 26.0 Å². The topological polar surface area (TPSA) is 106 Å². The Morgan fingerprint density at radius 1 is 1.03 bits per heavy atom. The van der Waals surface area contributed by atoms with Gasteiger partial charge in [-0.25, -0.2) is 0 Å². The van der Waals surface area contributed by atoms with E-state index in [-0.39, 0.29) is 11.4 Å². The molecule has 0 radical (unpaired) electrons. The molecule has 2 aromatic carbocycles. The Bertz CT molecular complexity index is 1250. The third kappa shape index (κ3) is 5.88. The van der Waals surface area contributed by atoms with E-state index in [1.807, 2.05) is 18.2 Å². The standard InChI is InChI=1S/C26H28N4O5S/c1-16(2)12-23-29-30-24(27)20(25(31)28-26(30)36-23)13-17-8-9-21(22(14-17)33-4)35-11-10-34-19-7-5-6-18(15-19)32-3/h5-9,13-16,27H,10-12H2,1-4H3/b20-13-,27-24?. The molecule has 10 heteroatoms. The van der Waals surface area contributed by atoms with Crippen molar-refractivity contribution in [2.24, 2.45) is 16.0 Å². The van der Waals surface area contributed by atoms with Crippen LogP contribution in [0.1, 0.15) is 25.8 Å². The zero-order valence-corrected chi connectivity index (χ0v) is 21.4. The minimum atomic E-state index is -0.464. The van der Waals surface area contributed by atoms with Crippen LogP contribution in [-0.2, 0) is 4.79 Å². The Balaban J connectivity index is 1.42. The number of carbonyl (C=O) groups is 1. The van der Waals surface area contributed by atoms with E-state index in [9.17, 15) is 4.79 Å². The number of amides is 1. The van der Waals surface area contributed by atoms with Gasteiger partial charge in [0, 0.05) is 12.5 Å². The molecule has 0 bridgehead atoms. The molecular formula is C26H28N4O5S. The van der Waals surface area contributed by atoms with E-state index in [4.69, 9.17) is 24.4 Å². The molecular weight excluding hydrogens is 480 g/mol. The molecule has 0 fully saturated rings. The number of hydrogen-bond acceptors (Lipinski definition) is 8. The second-order valence-corrected chi connectivity index (χ2v) is 9.44. The van der Waals surface area contributed by atoms with Crippen LogP contribution in [0.15, 0.2) is 58.1 Å². The van der Waals surface area contributed by atoms with Crippen LogP contribution in [0.2, 0.25) is 0 Å². The molecule has 0 unspecified atom stereocenters. The Labute approximate surface area is 214 Å². The number of nitrogens with one attached hydrogen (secondary N) is 1. The summed E-state index contributed by atoms with van der Waals surface area (Å²) in [6, 6.07) is 12.6. The summed E-state index contributed by atoms with van der Waals surface area (Å²) in [7, 11) is 3.15. The molecule has 2 heterocycles. The highest BCUT2D eigenvalue weighted by Crippen LogP contribution is 2.32. The number of fused-ring (bicyclic) bond motifs is 1. The zero-order chi connectivity index (χ0) is 25.7. The average Bonchev–Trinajstić information content (AvgIpc) is 3.26.